The Kier molecular flexibility index (Phi) is 6.24. The molecule has 0 spiro atoms. The van der Waals surface area contributed by atoms with Gasteiger partial charge in [0.2, 0.25) is 5.91 Å². The summed E-state index contributed by atoms with van der Waals surface area (Å²) >= 11 is 5.69. The van der Waals surface area contributed by atoms with Crippen molar-refractivity contribution in [3.05, 3.63) is 54.5 Å². The number of likely N-dealkylation sites (tertiary alicyclic amines) is 1. The number of fused-ring (bicyclic) bond motifs is 1. The molecule has 0 bridgehead atoms. The lowest BCUT2D eigenvalue weighted by Crippen LogP contribution is -2.38. The summed E-state index contributed by atoms with van der Waals surface area (Å²) < 4.78 is 0. The minimum atomic E-state index is 0. The van der Waals surface area contributed by atoms with Gasteiger partial charge in [-0.2, -0.15) is 0 Å². The molecule has 140 valence electrons. The third-order valence-electron chi connectivity index (χ3n) is 4.90. The summed E-state index contributed by atoms with van der Waals surface area (Å²) in [5, 5.41) is 1.09. The summed E-state index contributed by atoms with van der Waals surface area (Å²) in [6, 6.07) is 12.0. The minimum Gasteiger partial charge on any atom is -0.342 e. The van der Waals surface area contributed by atoms with E-state index >= 15 is 0 Å². The Balaban J connectivity index is 0.00000210. The first-order chi connectivity index (χ1) is 12.8. The molecule has 4 rings (SSSR count). The summed E-state index contributed by atoms with van der Waals surface area (Å²) in [5.41, 5.74) is 2.91. The van der Waals surface area contributed by atoms with Gasteiger partial charge in [-0.1, -0.05) is 18.2 Å². The zero-order chi connectivity index (χ0) is 17.9. The molecule has 2 aromatic heterocycles. The smallest absolute Gasteiger partial charge is 0.237 e. The largest absolute Gasteiger partial charge is 0.342 e. The van der Waals surface area contributed by atoms with Crippen molar-refractivity contribution < 1.29 is 4.79 Å². The Labute approximate surface area is 169 Å². The molecule has 0 saturated carbocycles. The quantitative estimate of drug-likeness (QED) is 0.619. The molecule has 0 N–H and O–H groups in total. The standard InChI is InChI=1S/C20H19ClN4O.ClH/c21-12-18(26)25-10-7-14(8-11-25)19-16-5-1-2-6-17(16)23-20(24-19)15-4-3-9-22-13-15;/h1-6,9,13-14H,7-8,10-12H2;1H. The van der Waals surface area contributed by atoms with Crippen LogP contribution in [0, 0.1) is 0 Å². The fourth-order valence-corrected chi connectivity index (χ4v) is 3.69. The second kappa shape index (κ2) is 8.63. The Morgan fingerprint density at radius 1 is 1.11 bits per heavy atom. The monoisotopic (exact) mass is 402 g/mol. The number of pyridine rings is 1. The molecular weight excluding hydrogens is 383 g/mol. The van der Waals surface area contributed by atoms with Crippen molar-refractivity contribution in [3.63, 3.8) is 0 Å². The van der Waals surface area contributed by atoms with Crippen LogP contribution in [0.5, 0.6) is 0 Å². The average molecular weight is 403 g/mol. The number of carbonyl (C=O) groups is 1. The molecule has 0 unspecified atom stereocenters. The fraction of sp³-hybridized carbons (Fsp3) is 0.300. The van der Waals surface area contributed by atoms with Crippen LogP contribution in [-0.4, -0.2) is 44.7 Å². The number of benzene rings is 1. The van der Waals surface area contributed by atoms with Crippen molar-refractivity contribution in [2.75, 3.05) is 19.0 Å². The predicted molar refractivity (Wildman–Crippen MR) is 109 cm³/mol. The van der Waals surface area contributed by atoms with E-state index in [1.165, 1.54) is 0 Å². The van der Waals surface area contributed by atoms with Gasteiger partial charge in [-0.3, -0.25) is 9.78 Å². The normalized spacial score (nSPS) is 14.8. The van der Waals surface area contributed by atoms with Crippen molar-refractivity contribution in [3.8, 4) is 11.4 Å². The highest BCUT2D eigenvalue weighted by atomic mass is 35.5. The van der Waals surface area contributed by atoms with E-state index in [2.05, 4.69) is 11.1 Å². The van der Waals surface area contributed by atoms with Gasteiger partial charge in [0.05, 0.1) is 11.2 Å². The van der Waals surface area contributed by atoms with Crippen molar-refractivity contribution in [2.24, 2.45) is 0 Å². The first kappa shape index (κ1) is 19.5. The highest BCUT2D eigenvalue weighted by Gasteiger charge is 2.26. The Morgan fingerprint density at radius 3 is 2.59 bits per heavy atom. The van der Waals surface area contributed by atoms with Crippen LogP contribution in [0.4, 0.5) is 0 Å². The number of amides is 1. The van der Waals surface area contributed by atoms with E-state index in [4.69, 9.17) is 21.6 Å². The van der Waals surface area contributed by atoms with Crippen LogP contribution < -0.4 is 0 Å². The fourth-order valence-electron chi connectivity index (χ4n) is 3.52. The first-order valence-corrected chi connectivity index (χ1v) is 9.30. The first-order valence-electron chi connectivity index (χ1n) is 8.77. The summed E-state index contributed by atoms with van der Waals surface area (Å²) in [6.07, 6.45) is 5.30. The van der Waals surface area contributed by atoms with Gasteiger partial charge in [0, 0.05) is 42.4 Å². The summed E-state index contributed by atoms with van der Waals surface area (Å²) in [5.74, 6) is 1.06. The third kappa shape index (κ3) is 4.04. The lowest BCUT2D eigenvalue weighted by molar-refractivity contribution is -0.129. The average Bonchev–Trinajstić information content (AvgIpc) is 2.73. The Hall–Kier alpha value is -2.24. The maximum Gasteiger partial charge on any atom is 0.237 e. The molecule has 27 heavy (non-hydrogen) atoms. The van der Waals surface area contributed by atoms with Gasteiger partial charge in [-0.25, -0.2) is 9.97 Å². The lowest BCUT2D eigenvalue weighted by atomic mass is 9.90. The van der Waals surface area contributed by atoms with Gasteiger partial charge in [0.25, 0.3) is 0 Å². The van der Waals surface area contributed by atoms with Crippen molar-refractivity contribution in [2.45, 2.75) is 18.8 Å². The number of hydrogen-bond acceptors (Lipinski definition) is 4. The van der Waals surface area contributed by atoms with Gasteiger partial charge in [0.1, 0.15) is 5.88 Å². The molecule has 1 aromatic carbocycles. The molecule has 1 amide bonds. The molecule has 5 nitrogen and oxygen atoms in total. The second-order valence-corrected chi connectivity index (χ2v) is 6.75. The van der Waals surface area contributed by atoms with E-state index in [-0.39, 0.29) is 24.2 Å². The molecule has 7 heteroatoms. The molecule has 1 fully saturated rings. The summed E-state index contributed by atoms with van der Waals surface area (Å²) in [4.78, 5) is 27.5. The third-order valence-corrected chi connectivity index (χ3v) is 5.13. The number of aromatic nitrogens is 3. The maximum atomic E-state index is 11.8. The van der Waals surface area contributed by atoms with Crippen LogP contribution in [0.25, 0.3) is 22.3 Å². The number of nitrogens with zero attached hydrogens (tertiary/aromatic N) is 4. The number of carbonyl (C=O) groups excluding carboxylic acids is 1. The van der Waals surface area contributed by atoms with Crippen molar-refractivity contribution in [1.29, 1.82) is 0 Å². The number of para-hydroxylation sites is 1. The molecule has 1 saturated heterocycles. The van der Waals surface area contributed by atoms with E-state index in [9.17, 15) is 4.79 Å². The highest BCUT2D eigenvalue weighted by Crippen LogP contribution is 2.32. The van der Waals surface area contributed by atoms with Gasteiger partial charge in [-0.05, 0) is 31.0 Å². The van der Waals surface area contributed by atoms with Crippen LogP contribution in [0.3, 0.4) is 0 Å². The molecule has 3 heterocycles. The van der Waals surface area contributed by atoms with E-state index in [0.29, 0.717) is 11.7 Å². The Bertz CT molecular complexity index is 928. The number of piperidine rings is 1. The van der Waals surface area contributed by atoms with Crippen LogP contribution in [-0.2, 0) is 4.79 Å². The minimum absolute atomic E-state index is 0. The number of hydrogen-bond donors (Lipinski definition) is 0. The Morgan fingerprint density at radius 2 is 1.89 bits per heavy atom. The van der Waals surface area contributed by atoms with Crippen LogP contribution in [0.2, 0.25) is 0 Å². The van der Waals surface area contributed by atoms with Crippen molar-refractivity contribution >= 4 is 40.8 Å². The molecular formula is C20H20Cl2N4O. The molecule has 0 atom stereocenters. The van der Waals surface area contributed by atoms with Gasteiger partial charge < -0.3 is 4.90 Å². The molecule has 0 radical (unpaired) electrons. The summed E-state index contributed by atoms with van der Waals surface area (Å²) in [6.45, 7) is 1.44. The summed E-state index contributed by atoms with van der Waals surface area (Å²) in [7, 11) is 0. The SMILES string of the molecule is Cl.O=C(CCl)N1CCC(c2nc(-c3cccnc3)nc3ccccc23)CC1. The predicted octanol–water partition coefficient (Wildman–Crippen LogP) is 4.06. The molecule has 0 aliphatic carbocycles. The lowest BCUT2D eigenvalue weighted by Gasteiger charge is -2.31. The highest BCUT2D eigenvalue weighted by molar-refractivity contribution is 6.27. The van der Waals surface area contributed by atoms with Crippen LogP contribution >= 0.6 is 24.0 Å². The molecule has 3 aromatic rings. The topological polar surface area (TPSA) is 59.0 Å². The van der Waals surface area contributed by atoms with E-state index < -0.39 is 0 Å². The number of halogens is 2. The van der Waals surface area contributed by atoms with E-state index in [0.717, 1.165) is 48.1 Å². The number of rotatable bonds is 3. The van der Waals surface area contributed by atoms with Gasteiger partial charge in [-0.15, -0.1) is 24.0 Å². The molecule has 1 aliphatic rings. The second-order valence-electron chi connectivity index (χ2n) is 6.48. The van der Waals surface area contributed by atoms with Gasteiger partial charge >= 0.3 is 0 Å². The number of alkyl halides is 1. The maximum absolute atomic E-state index is 11.8. The zero-order valence-electron chi connectivity index (χ0n) is 14.7. The van der Waals surface area contributed by atoms with Crippen molar-refractivity contribution in [1.82, 2.24) is 19.9 Å². The van der Waals surface area contributed by atoms with Gasteiger partial charge in [0.15, 0.2) is 5.82 Å². The molecule has 1 aliphatic heterocycles. The van der Waals surface area contributed by atoms with E-state index in [1.807, 2.05) is 35.2 Å². The van der Waals surface area contributed by atoms with Crippen LogP contribution in [0.15, 0.2) is 48.8 Å². The van der Waals surface area contributed by atoms with E-state index in [1.54, 1.807) is 12.4 Å². The van der Waals surface area contributed by atoms with Crippen LogP contribution in [0.1, 0.15) is 24.5 Å². The zero-order valence-corrected chi connectivity index (χ0v) is 16.3.